The Bertz CT molecular complexity index is 1170. The first kappa shape index (κ1) is 39.8. The maximum Gasteiger partial charge on any atom is 0.00983 e. The molecule has 12 atom stereocenters. The molecule has 3 rings (SSSR count). The van der Waals surface area contributed by atoms with Crippen LogP contribution in [-0.4, -0.2) is 6.04 Å². The standard InChI is InChI=1S/C46H77N/c1-14-19-30(4)33(7)34(8)35(9)41(31(5)22-24-40-20-17-16-18-21-40)25-23-32(6)44(29(3)15-2)28-45-37(11)36(10)42(45)26-27-43-38(12)39(13)46(43)47/h16-18,20-21,25,30-32,35-39,42-43,45-46H,14-15,19,22-24,26-28,47H2,1-13H3. The zero-order valence-electron chi connectivity index (χ0n) is 33.3. The zero-order chi connectivity index (χ0) is 35.0. The number of rotatable bonds is 18. The molecule has 2 N–H and O–H groups in total. The van der Waals surface area contributed by atoms with Crippen molar-refractivity contribution in [2.75, 3.05) is 0 Å². The Morgan fingerprint density at radius 3 is 1.91 bits per heavy atom. The van der Waals surface area contributed by atoms with Crippen LogP contribution in [0.3, 0.4) is 0 Å². The van der Waals surface area contributed by atoms with E-state index in [4.69, 9.17) is 5.73 Å². The van der Waals surface area contributed by atoms with Gasteiger partial charge in [-0.2, -0.15) is 0 Å². The number of nitrogens with two attached hydrogens (primary N) is 1. The highest BCUT2D eigenvalue weighted by Gasteiger charge is 2.47. The van der Waals surface area contributed by atoms with Crippen LogP contribution >= 0.6 is 0 Å². The van der Waals surface area contributed by atoms with E-state index in [9.17, 15) is 0 Å². The first-order chi connectivity index (χ1) is 22.2. The quantitative estimate of drug-likeness (QED) is 0.158. The first-order valence-electron chi connectivity index (χ1n) is 20.1. The van der Waals surface area contributed by atoms with E-state index in [1.165, 1.54) is 50.5 Å². The van der Waals surface area contributed by atoms with Gasteiger partial charge in [0, 0.05) is 6.04 Å². The van der Waals surface area contributed by atoms with E-state index < -0.39 is 0 Å². The van der Waals surface area contributed by atoms with Crippen molar-refractivity contribution in [1.29, 1.82) is 0 Å². The van der Waals surface area contributed by atoms with Crippen LogP contribution in [0.4, 0.5) is 0 Å². The van der Waals surface area contributed by atoms with Crippen molar-refractivity contribution in [1.82, 2.24) is 0 Å². The molecule has 266 valence electrons. The zero-order valence-corrected chi connectivity index (χ0v) is 33.3. The molecule has 1 heteroatoms. The Labute approximate surface area is 293 Å². The monoisotopic (exact) mass is 644 g/mol. The van der Waals surface area contributed by atoms with Gasteiger partial charge in [0.15, 0.2) is 0 Å². The van der Waals surface area contributed by atoms with Gasteiger partial charge in [0.1, 0.15) is 0 Å². The molecule has 2 saturated carbocycles. The molecule has 0 heterocycles. The SMILES string of the molecule is CCCC(C)C(C)=C(C)C(C)C(=CCC(C)C(CC1C(C)C(C)C1CCC1C(C)C(C)C1N)=C(C)CC)C(C)CCc1ccccc1. The fourth-order valence-electron chi connectivity index (χ4n) is 9.77. The van der Waals surface area contributed by atoms with Crippen molar-refractivity contribution in [3.05, 3.63) is 69.8 Å². The summed E-state index contributed by atoms with van der Waals surface area (Å²) < 4.78 is 0. The van der Waals surface area contributed by atoms with Gasteiger partial charge in [-0.05, 0) is 143 Å². The Morgan fingerprint density at radius 2 is 1.32 bits per heavy atom. The number of hydrogen-bond donors (Lipinski definition) is 1. The van der Waals surface area contributed by atoms with Gasteiger partial charge in [0.25, 0.3) is 0 Å². The molecule has 0 spiro atoms. The van der Waals surface area contributed by atoms with E-state index in [2.05, 4.69) is 126 Å². The molecule has 2 aliphatic rings. The average molecular weight is 644 g/mol. The lowest BCUT2D eigenvalue weighted by Gasteiger charge is -2.53. The molecule has 0 bridgehead atoms. The third-order valence-electron chi connectivity index (χ3n) is 14.5. The summed E-state index contributed by atoms with van der Waals surface area (Å²) >= 11 is 0. The molecule has 2 aliphatic carbocycles. The van der Waals surface area contributed by atoms with Gasteiger partial charge in [-0.3, -0.25) is 0 Å². The van der Waals surface area contributed by atoms with Gasteiger partial charge in [-0.1, -0.05) is 140 Å². The van der Waals surface area contributed by atoms with Gasteiger partial charge in [-0.25, -0.2) is 0 Å². The molecule has 0 aliphatic heterocycles. The third-order valence-corrected chi connectivity index (χ3v) is 14.5. The Balaban J connectivity index is 1.81. The maximum atomic E-state index is 6.57. The molecular formula is C46H77N. The summed E-state index contributed by atoms with van der Waals surface area (Å²) in [5, 5.41) is 0. The summed E-state index contributed by atoms with van der Waals surface area (Å²) in [4.78, 5) is 0. The molecule has 0 saturated heterocycles. The van der Waals surface area contributed by atoms with Gasteiger partial charge < -0.3 is 5.73 Å². The van der Waals surface area contributed by atoms with E-state index in [0.29, 0.717) is 35.6 Å². The minimum atomic E-state index is 0.421. The molecule has 12 unspecified atom stereocenters. The fourth-order valence-corrected chi connectivity index (χ4v) is 9.77. The van der Waals surface area contributed by atoms with Gasteiger partial charge in [0.05, 0.1) is 0 Å². The summed E-state index contributed by atoms with van der Waals surface area (Å²) in [6.45, 7) is 31.8. The highest BCUT2D eigenvalue weighted by atomic mass is 14.7. The predicted molar refractivity (Wildman–Crippen MR) is 209 cm³/mol. The van der Waals surface area contributed by atoms with Crippen LogP contribution < -0.4 is 5.73 Å². The van der Waals surface area contributed by atoms with E-state index in [0.717, 1.165) is 48.3 Å². The van der Waals surface area contributed by atoms with Crippen molar-refractivity contribution in [2.45, 2.75) is 154 Å². The molecule has 1 nitrogen and oxygen atoms in total. The smallest absolute Gasteiger partial charge is 0.00983 e. The average Bonchev–Trinajstić information content (AvgIpc) is 3.08. The van der Waals surface area contributed by atoms with Crippen molar-refractivity contribution in [2.24, 2.45) is 70.8 Å². The largest absolute Gasteiger partial charge is 0.327 e. The van der Waals surface area contributed by atoms with Crippen molar-refractivity contribution >= 4 is 0 Å². The Hall–Kier alpha value is -1.60. The molecule has 47 heavy (non-hydrogen) atoms. The lowest BCUT2D eigenvalue weighted by molar-refractivity contribution is -0.0237. The highest BCUT2D eigenvalue weighted by Crippen LogP contribution is 2.53. The third kappa shape index (κ3) is 9.77. The van der Waals surface area contributed by atoms with Crippen molar-refractivity contribution in [3.63, 3.8) is 0 Å². The second-order valence-electron chi connectivity index (χ2n) is 17.0. The normalized spacial score (nSPS) is 31.6. The molecule has 1 aromatic rings. The van der Waals surface area contributed by atoms with Crippen LogP contribution in [0.1, 0.15) is 147 Å². The Morgan fingerprint density at radius 1 is 0.723 bits per heavy atom. The summed E-state index contributed by atoms with van der Waals surface area (Å²) in [7, 11) is 0. The van der Waals surface area contributed by atoms with Crippen molar-refractivity contribution < 1.29 is 0 Å². The van der Waals surface area contributed by atoms with Crippen molar-refractivity contribution in [3.8, 4) is 0 Å². The van der Waals surface area contributed by atoms with Crippen LogP contribution in [0.2, 0.25) is 0 Å². The highest BCUT2D eigenvalue weighted by molar-refractivity contribution is 5.27. The fraction of sp³-hybridized carbons (Fsp3) is 0.739. The number of allylic oxidation sites excluding steroid dienone is 6. The van der Waals surface area contributed by atoms with Gasteiger partial charge in [0.2, 0.25) is 0 Å². The number of hydrogen-bond acceptors (Lipinski definition) is 1. The van der Waals surface area contributed by atoms with Crippen LogP contribution in [0.5, 0.6) is 0 Å². The van der Waals surface area contributed by atoms with Crippen LogP contribution in [0, 0.1) is 65.1 Å². The van der Waals surface area contributed by atoms with Gasteiger partial charge >= 0.3 is 0 Å². The van der Waals surface area contributed by atoms with E-state index in [1.807, 2.05) is 0 Å². The molecule has 0 aromatic heterocycles. The number of aryl methyl sites for hydroxylation is 1. The topological polar surface area (TPSA) is 26.0 Å². The predicted octanol–water partition coefficient (Wildman–Crippen LogP) is 13.3. The first-order valence-corrected chi connectivity index (χ1v) is 20.1. The summed E-state index contributed by atoms with van der Waals surface area (Å²) in [6.07, 6.45) is 13.9. The lowest BCUT2D eigenvalue weighted by atomic mass is 9.53. The Kier molecular flexibility index (Phi) is 15.6. The molecule has 0 amide bonds. The summed E-state index contributed by atoms with van der Waals surface area (Å²) in [6, 6.07) is 11.5. The maximum absolute atomic E-state index is 6.57. The molecular weight excluding hydrogens is 567 g/mol. The second kappa shape index (κ2) is 18.4. The minimum Gasteiger partial charge on any atom is -0.327 e. The summed E-state index contributed by atoms with van der Waals surface area (Å²) in [5.41, 5.74) is 16.3. The number of benzene rings is 1. The van der Waals surface area contributed by atoms with Crippen LogP contribution in [-0.2, 0) is 6.42 Å². The van der Waals surface area contributed by atoms with E-state index >= 15 is 0 Å². The second-order valence-corrected chi connectivity index (χ2v) is 17.0. The van der Waals surface area contributed by atoms with Crippen LogP contribution in [0.25, 0.3) is 0 Å². The minimum absolute atomic E-state index is 0.421. The molecule has 0 radical (unpaired) electrons. The van der Waals surface area contributed by atoms with E-state index in [-0.39, 0.29) is 0 Å². The van der Waals surface area contributed by atoms with Gasteiger partial charge in [-0.15, -0.1) is 0 Å². The summed E-state index contributed by atoms with van der Waals surface area (Å²) in [5.74, 6) is 7.89. The van der Waals surface area contributed by atoms with E-state index in [1.54, 1.807) is 27.9 Å². The molecule has 2 fully saturated rings. The molecule has 1 aromatic carbocycles. The van der Waals surface area contributed by atoms with Crippen LogP contribution in [0.15, 0.2) is 64.3 Å². The lowest BCUT2D eigenvalue weighted by Crippen LogP contribution is -2.54.